The first-order valence-corrected chi connectivity index (χ1v) is 8.83. The van der Waals surface area contributed by atoms with Crippen LogP contribution < -0.4 is 10.6 Å². The molecule has 0 aromatic heterocycles. The second-order valence-corrected chi connectivity index (χ2v) is 6.64. The number of nitrogens with one attached hydrogen (secondary N) is 2. The van der Waals surface area contributed by atoms with Crippen molar-refractivity contribution in [3.8, 4) is 0 Å². The van der Waals surface area contributed by atoms with E-state index in [4.69, 9.17) is 4.74 Å². The number of hydrogen-bond donors (Lipinski definition) is 2. The SMILES string of the molecule is O=C(NCC1CCN(C2CCOCC2)CC1)Nc1ccccc1F. The fourth-order valence-corrected chi connectivity index (χ4v) is 3.54. The minimum Gasteiger partial charge on any atom is -0.381 e. The number of ether oxygens (including phenoxy) is 1. The van der Waals surface area contributed by atoms with Crippen molar-refractivity contribution in [3.63, 3.8) is 0 Å². The molecule has 6 heteroatoms. The van der Waals surface area contributed by atoms with E-state index in [0.29, 0.717) is 18.5 Å². The van der Waals surface area contributed by atoms with Crippen LogP contribution in [-0.4, -0.2) is 49.8 Å². The molecule has 0 atom stereocenters. The van der Waals surface area contributed by atoms with E-state index < -0.39 is 5.82 Å². The number of anilines is 1. The Kier molecular flexibility index (Phi) is 6.04. The highest BCUT2D eigenvalue weighted by molar-refractivity contribution is 5.89. The first kappa shape index (κ1) is 17.2. The largest absolute Gasteiger partial charge is 0.381 e. The van der Waals surface area contributed by atoms with Gasteiger partial charge in [0.05, 0.1) is 5.69 Å². The maximum absolute atomic E-state index is 13.5. The number of halogens is 1. The van der Waals surface area contributed by atoms with Gasteiger partial charge in [-0.05, 0) is 56.8 Å². The zero-order valence-electron chi connectivity index (χ0n) is 14.0. The third-order valence-corrected chi connectivity index (χ3v) is 5.03. The monoisotopic (exact) mass is 335 g/mol. The summed E-state index contributed by atoms with van der Waals surface area (Å²) in [7, 11) is 0. The summed E-state index contributed by atoms with van der Waals surface area (Å²) in [6.07, 6.45) is 4.45. The molecule has 0 aliphatic carbocycles. The molecule has 0 radical (unpaired) electrons. The third-order valence-electron chi connectivity index (χ3n) is 5.03. The van der Waals surface area contributed by atoms with E-state index in [1.54, 1.807) is 18.2 Å². The Morgan fingerprint density at radius 2 is 1.88 bits per heavy atom. The number of para-hydroxylation sites is 1. The van der Waals surface area contributed by atoms with Gasteiger partial charge in [-0.1, -0.05) is 12.1 Å². The summed E-state index contributed by atoms with van der Waals surface area (Å²) in [6.45, 7) is 4.57. The van der Waals surface area contributed by atoms with Gasteiger partial charge < -0.3 is 20.3 Å². The Morgan fingerprint density at radius 1 is 1.17 bits per heavy atom. The van der Waals surface area contributed by atoms with Crippen molar-refractivity contribution in [2.24, 2.45) is 5.92 Å². The number of hydrogen-bond acceptors (Lipinski definition) is 3. The molecule has 3 rings (SSSR count). The lowest BCUT2D eigenvalue weighted by Crippen LogP contribution is -2.46. The standard InChI is InChI=1S/C18H26FN3O2/c19-16-3-1-2-4-17(16)21-18(23)20-13-14-5-9-22(10-6-14)15-7-11-24-12-8-15/h1-4,14-15H,5-13H2,(H2,20,21,23). The Balaban J connectivity index is 1.37. The molecule has 132 valence electrons. The first-order valence-electron chi connectivity index (χ1n) is 8.83. The lowest BCUT2D eigenvalue weighted by atomic mass is 9.94. The van der Waals surface area contributed by atoms with Crippen LogP contribution in [0.15, 0.2) is 24.3 Å². The zero-order valence-corrected chi connectivity index (χ0v) is 14.0. The normalized spacial score (nSPS) is 20.7. The van der Waals surface area contributed by atoms with Crippen molar-refractivity contribution in [3.05, 3.63) is 30.1 Å². The van der Waals surface area contributed by atoms with Crippen LogP contribution in [0.2, 0.25) is 0 Å². The summed E-state index contributed by atoms with van der Waals surface area (Å²) in [5.74, 6) is 0.0740. The Hall–Kier alpha value is -1.66. The predicted molar refractivity (Wildman–Crippen MR) is 91.6 cm³/mol. The van der Waals surface area contributed by atoms with Gasteiger partial charge >= 0.3 is 6.03 Å². The molecular weight excluding hydrogens is 309 g/mol. The van der Waals surface area contributed by atoms with Crippen LogP contribution >= 0.6 is 0 Å². The van der Waals surface area contributed by atoms with E-state index >= 15 is 0 Å². The molecule has 0 saturated carbocycles. The smallest absolute Gasteiger partial charge is 0.319 e. The second kappa shape index (κ2) is 8.44. The fraction of sp³-hybridized carbons (Fsp3) is 0.611. The minimum absolute atomic E-state index is 0.212. The van der Waals surface area contributed by atoms with Gasteiger partial charge in [-0.25, -0.2) is 9.18 Å². The molecule has 2 aliphatic heterocycles. The van der Waals surface area contributed by atoms with Crippen molar-refractivity contribution in [2.75, 3.05) is 38.2 Å². The van der Waals surface area contributed by atoms with Gasteiger partial charge in [0.25, 0.3) is 0 Å². The fourth-order valence-electron chi connectivity index (χ4n) is 3.54. The number of likely N-dealkylation sites (tertiary alicyclic amines) is 1. The lowest BCUT2D eigenvalue weighted by molar-refractivity contribution is 0.0213. The van der Waals surface area contributed by atoms with E-state index in [0.717, 1.165) is 52.0 Å². The van der Waals surface area contributed by atoms with E-state index in [9.17, 15) is 9.18 Å². The molecule has 0 bridgehead atoms. The quantitative estimate of drug-likeness (QED) is 0.890. The molecule has 1 aromatic carbocycles. The van der Waals surface area contributed by atoms with Gasteiger partial charge in [-0.3, -0.25) is 0 Å². The number of carbonyl (C=O) groups is 1. The molecule has 2 amide bonds. The summed E-state index contributed by atoms with van der Waals surface area (Å²) in [5.41, 5.74) is 0.212. The van der Waals surface area contributed by atoms with E-state index in [-0.39, 0.29) is 11.7 Å². The van der Waals surface area contributed by atoms with Gasteiger partial charge in [0.15, 0.2) is 0 Å². The molecule has 5 nitrogen and oxygen atoms in total. The van der Waals surface area contributed by atoms with Crippen LogP contribution in [-0.2, 0) is 4.74 Å². The number of carbonyl (C=O) groups excluding carboxylic acids is 1. The van der Waals surface area contributed by atoms with Crippen LogP contribution in [0.3, 0.4) is 0 Å². The molecule has 24 heavy (non-hydrogen) atoms. The Labute approximate surface area is 142 Å². The van der Waals surface area contributed by atoms with Gasteiger partial charge in [0.2, 0.25) is 0 Å². The molecule has 2 saturated heterocycles. The van der Waals surface area contributed by atoms with Gasteiger partial charge in [-0.15, -0.1) is 0 Å². The molecule has 1 aromatic rings. The van der Waals surface area contributed by atoms with Crippen LogP contribution in [0.25, 0.3) is 0 Å². The van der Waals surface area contributed by atoms with Crippen molar-refractivity contribution >= 4 is 11.7 Å². The van der Waals surface area contributed by atoms with Crippen molar-refractivity contribution < 1.29 is 13.9 Å². The maximum Gasteiger partial charge on any atom is 0.319 e. The highest BCUT2D eigenvalue weighted by atomic mass is 19.1. The third kappa shape index (κ3) is 4.68. The van der Waals surface area contributed by atoms with E-state index in [1.807, 2.05) is 0 Å². The second-order valence-electron chi connectivity index (χ2n) is 6.64. The maximum atomic E-state index is 13.5. The summed E-state index contributed by atoms with van der Waals surface area (Å²) >= 11 is 0. The Morgan fingerprint density at radius 3 is 2.58 bits per heavy atom. The molecule has 0 spiro atoms. The van der Waals surface area contributed by atoms with Crippen LogP contribution in [0.4, 0.5) is 14.9 Å². The number of amides is 2. The number of piperidine rings is 1. The average Bonchev–Trinajstić information content (AvgIpc) is 2.63. The van der Waals surface area contributed by atoms with Crippen molar-refractivity contribution in [1.29, 1.82) is 0 Å². The van der Waals surface area contributed by atoms with Crippen molar-refractivity contribution in [2.45, 2.75) is 31.7 Å². The summed E-state index contributed by atoms with van der Waals surface area (Å²) in [6, 6.07) is 6.52. The summed E-state index contributed by atoms with van der Waals surface area (Å²) < 4.78 is 18.9. The molecular formula is C18H26FN3O2. The number of benzene rings is 1. The highest BCUT2D eigenvalue weighted by Crippen LogP contribution is 2.22. The van der Waals surface area contributed by atoms with Gasteiger partial charge in [-0.2, -0.15) is 0 Å². The molecule has 2 heterocycles. The number of urea groups is 1. The zero-order chi connectivity index (χ0) is 16.8. The topological polar surface area (TPSA) is 53.6 Å². The number of nitrogens with zero attached hydrogens (tertiary/aromatic N) is 1. The molecule has 2 N–H and O–H groups in total. The van der Waals surface area contributed by atoms with Crippen molar-refractivity contribution in [1.82, 2.24) is 10.2 Å². The van der Waals surface area contributed by atoms with Crippen LogP contribution in [0, 0.1) is 11.7 Å². The molecule has 2 aliphatic rings. The van der Waals surface area contributed by atoms with Gasteiger partial charge in [0.1, 0.15) is 5.82 Å². The summed E-state index contributed by atoms with van der Waals surface area (Å²) in [4.78, 5) is 14.5. The first-order chi connectivity index (χ1) is 11.7. The highest BCUT2D eigenvalue weighted by Gasteiger charge is 2.26. The van der Waals surface area contributed by atoms with Gasteiger partial charge in [0, 0.05) is 25.8 Å². The van der Waals surface area contributed by atoms with E-state index in [1.165, 1.54) is 6.07 Å². The molecule has 0 unspecified atom stereocenters. The average molecular weight is 335 g/mol. The molecule has 2 fully saturated rings. The summed E-state index contributed by atoms with van der Waals surface area (Å²) in [5, 5.41) is 5.43. The number of rotatable bonds is 4. The van der Waals surface area contributed by atoms with E-state index in [2.05, 4.69) is 15.5 Å². The van der Waals surface area contributed by atoms with Crippen LogP contribution in [0.1, 0.15) is 25.7 Å². The Bertz CT molecular complexity index is 541. The predicted octanol–water partition coefficient (Wildman–Crippen LogP) is 2.84. The lowest BCUT2D eigenvalue weighted by Gasteiger charge is -2.39. The van der Waals surface area contributed by atoms with Crippen LogP contribution in [0.5, 0.6) is 0 Å². The minimum atomic E-state index is -0.419.